The predicted molar refractivity (Wildman–Crippen MR) is 116 cm³/mol. The van der Waals surface area contributed by atoms with Crippen LogP contribution in [0.4, 0.5) is 5.69 Å². The Morgan fingerprint density at radius 2 is 1.44 bits per heavy atom. The number of aryl methyl sites for hydroxylation is 1. The molecule has 0 bridgehead atoms. The summed E-state index contributed by atoms with van der Waals surface area (Å²) in [5.74, 6) is 0. The second-order valence-corrected chi connectivity index (χ2v) is 9.46. The summed E-state index contributed by atoms with van der Waals surface area (Å²) in [5.41, 5.74) is 3.66. The molecule has 0 aromatic heterocycles. The highest BCUT2D eigenvalue weighted by Crippen LogP contribution is 2.45. The molecule has 0 amide bonds. The third-order valence-electron chi connectivity index (χ3n) is 7.58. The van der Waals surface area contributed by atoms with E-state index in [1.54, 1.807) is 0 Å². The Kier molecular flexibility index (Phi) is 6.39. The fourth-order valence-electron chi connectivity index (χ4n) is 5.49. The minimum atomic E-state index is 0.706. The standard InChI is InChI=1S/C24H39N3/c1-25-18-20-26(21-19-25)15-5-6-22-7-9-23(10-8-22)27-16-13-24(14-17-27)11-3-2-4-12-24/h7-10H,2-6,11-21H2,1H3. The van der Waals surface area contributed by atoms with Gasteiger partial charge in [-0.1, -0.05) is 31.4 Å². The lowest BCUT2D eigenvalue weighted by Crippen LogP contribution is -2.44. The van der Waals surface area contributed by atoms with Gasteiger partial charge < -0.3 is 14.7 Å². The molecule has 0 unspecified atom stereocenters. The van der Waals surface area contributed by atoms with E-state index in [0.717, 1.165) is 0 Å². The Balaban J connectivity index is 1.21. The molecule has 2 saturated heterocycles. The third kappa shape index (κ3) is 5.06. The second kappa shape index (κ2) is 8.96. The Morgan fingerprint density at radius 1 is 0.778 bits per heavy atom. The van der Waals surface area contributed by atoms with Crippen molar-refractivity contribution < 1.29 is 0 Å². The minimum absolute atomic E-state index is 0.706. The van der Waals surface area contributed by atoms with Gasteiger partial charge in [0.1, 0.15) is 0 Å². The van der Waals surface area contributed by atoms with Gasteiger partial charge in [0, 0.05) is 45.0 Å². The van der Waals surface area contributed by atoms with Gasteiger partial charge in [0.2, 0.25) is 0 Å². The molecule has 3 nitrogen and oxygen atoms in total. The summed E-state index contributed by atoms with van der Waals surface area (Å²) < 4.78 is 0. The van der Waals surface area contributed by atoms with E-state index in [1.807, 2.05) is 0 Å². The highest BCUT2D eigenvalue weighted by molar-refractivity contribution is 5.48. The van der Waals surface area contributed by atoms with Crippen LogP contribution in [-0.2, 0) is 6.42 Å². The van der Waals surface area contributed by atoms with Crippen molar-refractivity contribution in [3.63, 3.8) is 0 Å². The molecule has 1 spiro atoms. The van der Waals surface area contributed by atoms with Crippen LogP contribution in [0.15, 0.2) is 24.3 Å². The van der Waals surface area contributed by atoms with E-state index in [-0.39, 0.29) is 0 Å². The molecule has 1 aromatic carbocycles. The smallest absolute Gasteiger partial charge is 0.0366 e. The molecule has 2 aliphatic heterocycles. The van der Waals surface area contributed by atoms with Gasteiger partial charge in [-0.05, 0) is 75.2 Å². The monoisotopic (exact) mass is 369 g/mol. The molecule has 3 heteroatoms. The highest BCUT2D eigenvalue weighted by Gasteiger charge is 2.35. The van der Waals surface area contributed by atoms with Crippen molar-refractivity contribution in [2.45, 2.75) is 57.8 Å². The molecule has 0 atom stereocenters. The number of anilines is 1. The number of piperazine rings is 1. The molecule has 1 aromatic rings. The number of hydrogen-bond donors (Lipinski definition) is 0. The Morgan fingerprint density at radius 3 is 2.11 bits per heavy atom. The normalized spacial score (nSPS) is 24.4. The minimum Gasteiger partial charge on any atom is -0.371 e. The zero-order chi connectivity index (χ0) is 18.5. The van der Waals surface area contributed by atoms with Crippen LogP contribution >= 0.6 is 0 Å². The molecular formula is C24H39N3. The van der Waals surface area contributed by atoms with Gasteiger partial charge in [-0.3, -0.25) is 0 Å². The highest BCUT2D eigenvalue weighted by atomic mass is 15.2. The average Bonchev–Trinajstić information content (AvgIpc) is 2.71. The molecule has 0 radical (unpaired) electrons. The van der Waals surface area contributed by atoms with E-state index in [9.17, 15) is 0 Å². The van der Waals surface area contributed by atoms with E-state index in [4.69, 9.17) is 0 Å². The number of nitrogens with zero attached hydrogens (tertiary/aromatic N) is 3. The number of likely N-dealkylation sites (N-methyl/N-ethyl adjacent to an activating group) is 1. The largest absolute Gasteiger partial charge is 0.371 e. The van der Waals surface area contributed by atoms with Gasteiger partial charge in [-0.25, -0.2) is 0 Å². The quantitative estimate of drug-likeness (QED) is 0.761. The van der Waals surface area contributed by atoms with Gasteiger partial charge in [0.25, 0.3) is 0 Å². The first-order valence-electron chi connectivity index (χ1n) is 11.5. The lowest BCUT2D eigenvalue weighted by atomic mass is 9.68. The Bertz CT molecular complexity index is 558. The van der Waals surface area contributed by atoms with Crippen LogP contribution in [0.2, 0.25) is 0 Å². The van der Waals surface area contributed by atoms with Gasteiger partial charge in [0.15, 0.2) is 0 Å². The molecule has 3 fully saturated rings. The van der Waals surface area contributed by atoms with Crippen molar-refractivity contribution in [1.29, 1.82) is 0 Å². The van der Waals surface area contributed by atoms with Crippen molar-refractivity contribution in [2.75, 3.05) is 57.8 Å². The first-order valence-corrected chi connectivity index (χ1v) is 11.5. The average molecular weight is 370 g/mol. The van der Waals surface area contributed by atoms with Gasteiger partial charge >= 0.3 is 0 Å². The lowest BCUT2D eigenvalue weighted by Gasteiger charge is -2.45. The first kappa shape index (κ1) is 19.3. The predicted octanol–water partition coefficient (Wildman–Crippen LogP) is 4.42. The van der Waals surface area contributed by atoms with Crippen LogP contribution in [0.1, 0.15) is 56.9 Å². The summed E-state index contributed by atoms with van der Waals surface area (Å²) >= 11 is 0. The summed E-state index contributed by atoms with van der Waals surface area (Å²) in [5, 5.41) is 0. The summed E-state index contributed by atoms with van der Waals surface area (Å²) in [7, 11) is 2.23. The van der Waals surface area contributed by atoms with Crippen molar-refractivity contribution in [2.24, 2.45) is 5.41 Å². The topological polar surface area (TPSA) is 9.72 Å². The van der Waals surface area contributed by atoms with Gasteiger partial charge in [-0.2, -0.15) is 0 Å². The molecule has 1 saturated carbocycles. The molecule has 0 N–H and O–H groups in total. The SMILES string of the molecule is CN1CCN(CCCc2ccc(N3CCC4(CCCCC4)CC3)cc2)CC1. The van der Waals surface area contributed by atoms with Crippen molar-refractivity contribution >= 4 is 5.69 Å². The van der Waals surface area contributed by atoms with Crippen LogP contribution in [0, 0.1) is 5.41 Å². The lowest BCUT2D eigenvalue weighted by molar-refractivity contribution is 0.144. The molecule has 150 valence electrons. The first-order chi connectivity index (χ1) is 13.2. The van der Waals surface area contributed by atoms with Gasteiger partial charge in [-0.15, -0.1) is 0 Å². The zero-order valence-electron chi connectivity index (χ0n) is 17.5. The number of hydrogen-bond acceptors (Lipinski definition) is 3. The fourth-order valence-corrected chi connectivity index (χ4v) is 5.49. The van der Waals surface area contributed by atoms with E-state index in [0.29, 0.717) is 5.41 Å². The van der Waals surface area contributed by atoms with Crippen LogP contribution in [0.5, 0.6) is 0 Å². The summed E-state index contributed by atoms with van der Waals surface area (Å²) in [6, 6.07) is 9.52. The molecule has 3 aliphatic rings. The van der Waals surface area contributed by atoms with Crippen molar-refractivity contribution in [1.82, 2.24) is 9.80 Å². The maximum atomic E-state index is 2.63. The molecule has 2 heterocycles. The third-order valence-corrected chi connectivity index (χ3v) is 7.58. The van der Waals surface area contributed by atoms with Crippen molar-refractivity contribution in [3.8, 4) is 0 Å². The molecule has 1 aliphatic carbocycles. The van der Waals surface area contributed by atoms with Crippen LogP contribution in [0.3, 0.4) is 0 Å². The fraction of sp³-hybridized carbons (Fsp3) is 0.750. The van der Waals surface area contributed by atoms with E-state index < -0.39 is 0 Å². The molecule has 4 rings (SSSR count). The number of rotatable bonds is 5. The van der Waals surface area contributed by atoms with Crippen LogP contribution in [0.25, 0.3) is 0 Å². The maximum absolute atomic E-state index is 2.63. The van der Waals surface area contributed by atoms with Crippen LogP contribution < -0.4 is 4.90 Å². The second-order valence-electron chi connectivity index (χ2n) is 9.46. The Labute approximate surface area is 166 Å². The summed E-state index contributed by atoms with van der Waals surface area (Å²) in [4.78, 5) is 7.70. The van der Waals surface area contributed by atoms with E-state index in [1.165, 1.54) is 115 Å². The Hall–Kier alpha value is -1.06. The summed E-state index contributed by atoms with van der Waals surface area (Å²) in [6.45, 7) is 8.73. The summed E-state index contributed by atoms with van der Waals surface area (Å²) in [6.07, 6.45) is 12.7. The van der Waals surface area contributed by atoms with E-state index in [2.05, 4.69) is 46.0 Å². The molecule has 27 heavy (non-hydrogen) atoms. The van der Waals surface area contributed by atoms with Crippen LogP contribution in [-0.4, -0.2) is 62.7 Å². The van der Waals surface area contributed by atoms with Crippen molar-refractivity contribution in [3.05, 3.63) is 29.8 Å². The zero-order valence-corrected chi connectivity index (χ0v) is 17.5. The number of piperidine rings is 1. The van der Waals surface area contributed by atoms with E-state index >= 15 is 0 Å². The van der Waals surface area contributed by atoms with Gasteiger partial charge in [0.05, 0.1) is 0 Å². The molecular weight excluding hydrogens is 330 g/mol. The maximum Gasteiger partial charge on any atom is 0.0366 e. The number of benzene rings is 1.